The summed E-state index contributed by atoms with van der Waals surface area (Å²) in [6.07, 6.45) is 0.123. The number of nitrogens with one attached hydrogen (secondary N) is 2. The van der Waals surface area contributed by atoms with E-state index < -0.39 is 36.7 Å². The van der Waals surface area contributed by atoms with Gasteiger partial charge in [-0.05, 0) is 28.7 Å². The molecule has 4 N–H and O–H groups in total. The van der Waals surface area contributed by atoms with Crippen molar-refractivity contribution in [2.45, 2.75) is 37.8 Å². The Hall–Kier alpha value is -3.39. The Labute approximate surface area is 180 Å². The van der Waals surface area contributed by atoms with Crippen molar-refractivity contribution in [3.05, 3.63) is 59.7 Å². The first-order valence-electron chi connectivity index (χ1n) is 10.2. The first-order chi connectivity index (χ1) is 15.0. The third kappa shape index (κ3) is 5.03. The summed E-state index contributed by atoms with van der Waals surface area (Å²) in [5, 5.41) is 22.8. The molecule has 1 aliphatic carbocycles. The van der Waals surface area contributed by atoms with Crippen LogP contribution in [0.1, 0.15) is 36.8 Å². The molecule has 2 aromatic carbocycles. The van der Waals surface area contributed by atoms with E-state index in [1.165, 1.54) is 0 Å². The summed E-state index contributed by atoms with van der Waals surface area (Å²) in [6, 6.07) is 13.5. The molecule has 0 spiro atoms. The fraction of sp³-hybridized carbons (Fsp3) is 0.348. The summed E-state index contributed by atoms with van der Waals surface area (Å²) in [5.74, 6) is -2.15. The van der Waals surface area contributed by atoms with E-state index in [2.05, 4.69) is 10.6 Å². The predicted molar refractivity (Wildman–Crippen MR) is 114 cm³/mol. The maximum atomic E-state index is 12.4. The Morgan fingerprint density at radius 2 is 1.55 bits per heavy atom. The lowest BCUT2D eigenvalue weighted by molar-refractivity contribution is -0.143. The van der Waals surface area contributed by atoms with E-state index in [0.717, 1.165) is 22.3 Å². The number of rotatable bonds is 9. The topological polar surface area (TPSA) is 125 Å². The van der Waals surface area contributed by atoms with Gasteiger partial charge < -0.3 is 25.6 Å². The smallest absolute Gasteiger partial charge is 0.407 e. The molecule has 0 unspecified atom stereocenters. The van der Waals surface area contributed by atoms with Crippen molar-refractivity contribution in [2.24, 2.45) is 0 Å². The number of benzene rings is 2. The van der Waals surface area contributed by atoms with E-state index in [0.29, 0.717) is 12.8 Å². The highest BCUT2D eigenvalue weighted by molar-refractivity contribution is 5.89. The number of carboxylic acids is 1. The molecular formula is C23H26N2O6. The van der Waals surface area contributed by atoms with Crippen LogP contribution < -0.4 is 10.6 Å². The normalized spacial score (nSPS) is 14.1. The molecule has 0 aromatic heterocycles. The number of hydrogen-bond acceptors (Lipinski definition) is 5. The molecule has 0 radical (unpaired) electrons. The van der Waals surface area contributed by atoms with Crippen molar-refractivity contribution >= 4 is 18.0 Å². The molecule has 2 aromatic rings. The Bertz CT molecular complexity index is 915. The second-order valence-corrected chi connectivity index (χ2v) is 7.39. The van der Waals surface area contributed by atoms with E-state index in [-0.39, 0.29) is 12.5 Å². The van der Waals surface area contributed by atoms with Crippen LogP contribution in [-0.2, 0) is 14.3 Å². The van der Waals surface area contributed by atoms with Gasteiger partial charge in [-0.2, -0.15) is 0 Å². The molecule has 3 rings (SSSR count). The van der Waals surface area contributed by atoms with Crippen LogP contribution in [-0.4, -0.2) is 53.5 Å². The number of hydrogen-bond donors (Lipinski definition) is 4. The third-order valence-electron chi connectivity index (χ3n) is 5.33. The summed E-state index contributed by atoms with van der Waals surface area (Å²) < 4.78 is 5.45. The van der Waals surface area contributed by atoms with Gasteiger partial charge in [0.05, 0.1) is 6.61 Å². The molecule has 2 atom stereocenters. The maximum Gasteiger partial charge on any atom is 0.407 e. The Kier molecular flexibility index (Phi) is 7.25. The summed E-state index contributed by atoms with van der Waals surface area (Å²) in [6.45, 7) is 1.19. The molecule has 1 aliphatic rings. The number of amides is 2. The monoisotopic (exact) mass is 426 g/mol. The molecule has 0 fully saturated rings. The highest BCUT2D eigenvalue weighted by Crippen LogP contribution is 2.44. The van der Waals surface area contributed by atoms with Gasteiger partial charge in [-0.3, -0.25) is 4.79 Å². The van der Waals surface area contributed by atoms with Crippen molar-refractivity contribution in [3.63, 3.8) is 0 Å². The van der Waals surface area contributed by atoms with Gasteiger partial charge in [0.25, 0.3) is 0 Å². The molecule has 31 heavy (non-hydrogen) atoms. The zero-order valence-electron chi connectivity index (χ0n) is 17.2. The Morgan fingerprint density at radius 1 is 0.968 bits per heavy atom. The third-order valence-corrected chi connectivity index (χ3v) is 5.33. The lowest BCUT2D eigenvalue weighted by atomic mass is 9.98. The first kappa shape index (κ1) is 22.3. The number of carboxylic acid groups (broad SMARTS) is 1. The van der Waals surface area contributed by atoms with Crippen molar-refractivity contribution in [3.8, 4) is 11.1 Å². The first-order valence-corrected chi connectivity index (χ1v) is 10.2. The number of alkyl carbamates (subject to hydrolysis) is 1. The van der Waals surface area contributed by atoms with Gasteiger partial charge in [-0.1, -0.05) is 61.9 Å². The molecule has 0 bridgehead atoms. The van der Waals surface area contributed by atoms with Crippen LogP contribution in [0.2, 0.25) is 0 Å². The maximum absolute atomic E-state index is 12.4. The van der Waals surface area contributed by atoms with Crippen LogP contribution in [0.15, 0.2) is 48.5 Å². The molecule has 0 saturated heterocycles. The van der Waals surface area contributed by atoms with Crippen molar-refractivity contribution in [1.82, 2.24) is 10.6 Å². The van der Waals surface area contributed by atoms with Crippen molar-refractivity contribution in [2.75, 3.05) is 13.2 Å². The molecule has 0 aliphatic heterocycles. The van der Waals surface area contributed by atoms with E-state index in [1.54, 1.807) is 0 Å². The summed E-state index contributed by atoms with van der Waals surface area (Å²) in [7, 11) is 0. The van der Waals surface area contributed by atoms with E-state index in [4.69, 9.17) is 14.9 Å². The predicted octanol–water partition coefficient (Wildman–Crippen LogP) is 2.26. The number of fused-ring (bicyclic) bond motifs is 3. The van der Waals surface area contributed by atoms with Crippen LogP contribution in [0, 0.1) is 0 Å². The van der Waals surface area contributed by atoms with E-state index in [1.807, 2.05) is 55.5 Å². The van der Waals surface area contributed by atoms with Crippen LogP contribution in [0.25, 0.3) is 11.1 Å². The molecule has 0 saturated carbocycles. The molecule has 8 nitrogen and oxygen atoms in total. The van der Waals surface area contributed by atoms with E-state index >= 15 is 0 Å². The average molecular weight is 426 g/mol. The second kappa shape index (κ2) is 10.1. The van der Waals surface area contributed by atoms with Crippen LogP contribution >= 0.6 is 0 Å². The summed E-state index contributed by atoms with van der Waals surface area (Å²) >= 11 is 0. The fourth-order valence-corrected chi connectivity index (χ4v) is 3.80. The molecule has 2 amide bonds. The minimum atomic E-state index is -1.43. The van der Waals surface area contributed by atoms with Gasteiger partial charge in [-0.15, -0.1) is 0 Å². The summed E-state index contributed by atoms with van der Waals surface area (Å²) in [5.41, 5.74) is 4.37. The SMILES string of the molecule is CCC[C@@H](NC(=O)OCC1c2ccccc2-c2ccccc21)C(=O)N[C@H](CO)C(=O)O. The zero-order chi connectivity index (χ0) is 22.4. The molecule has 8 heteroatoms. The number of ether oxygens (including phenoxy) is 1. The van der Waals surface area contributed by atoms with Crippen molar-refractivity contribution in [1.29, 1.82) is 0 Å². The largest absolute Gasteiger partial charge is 0.480 e. The fourth-order valence-electron chi connectivity index (χ4n) is 3.80. The van der Waals surface area contributed by atoms with Crippen LogP contribution in [0.3, 0.4) is 0 Å². The number of aliphatic hydroxyl groups is 1. The minimum absolute atomic E-state index is 0.106. The highest BCUT2D eigenvalue weighted by Gasteiger charge is 2.30. The van der Waals surface area contributed by atoms with Gasteiger partial charge in [0.15, 0.2) is 0 Å². The number of aliphatic hydroxyl groups excluding tert-OH is 1. The quantitative estimate of drug-likeness (QED) is 0.487. The number of aliphatic carboxylic acids is 1. The molecular weight excluding hydrogens is 400 g/mol. The number of carbonyl (C=O) groups excluding carboxylic acids is 2. The van der Waals surface area contributed by atoms with Gasteiger partial charge >= 0.3 is 12.1 Å². The van der Waals surface area contributed by atoms with Crippen LogP contribution in [0.5, 0.6) is 0 Å². The zero-order valence-corrected chi connectivity index (χ0v) is 17.2. The standard InChI is InChI=1S/C23H26N2O6/c1-2-7-19(21(27)24-20(12-26)22(28)29)25-23(30)31-13-18-16-10-5-3-8-14(16)15-9-4-6-11-17(15)18/h3-6,8-11,18-20,26H,2,7,12-13H2,1H3,(H,24,27)(H,25,30)(H,28,29)/t19-,20-/m1/s1. The minimum Gasteiger partial charge on any atom is -0.480 e. The van der Waals surface area contributed by atoms with Gasteiger partial charge in [0, 0.05) is 5.92 Å². The van der Waals surface area contributed by atoms with Crippen molar-refractivity contribution < 1.29 is 29.3 Å². The van der Waals surface area contributed by atoms with Gasteiger partial charge in [-0.25, -0.2) is 9.59 Å². The number of carbonyl (C=O) groups is 3. The lowest BCUT2D eigenvalue weighted by Gasteiger charge is -2.21. The van der Waals surface area contributed by atoms with E-state index in [9.17, 15) is 14.4 Å². The average Bonchev–Trinajstić information content (AvgIpc) is 3.09. The van der Waals surface area contributed by atoms with Gasteiger partial charge in [0.2, 0.25) is 5.91 Å². The molecule has 0 heterocycles. The second-order valence-electron chi connectivity index (χ2n) is 7.39. The Balaban J connectivity index is 1.64. The van der Waals surface area contributed by atoms with Gasteiger partial charge in [0.1, 0.15) is 18.7 Å². The molecule has 164 valence electrons. The summed E-state index contributed by atoms with van der Waals surface area (Å²) in [4.78, 5) is 35.8. The lowest BCUT2D eigenvalue weighted by Crippen LogP contribution is -2.52. The highest BCUT2D eigenvalue weighted by atomic mass is 16.5. The van der Waals surface area contributed by atoms with Crippen LogP contribution in [0.4, 0.5) is 4.79 Å². The Morgan fingerprint density at radius 3 is 2.06 bits per heavy atom.